The summed E-state index contributed by atoms with van der Waals surface area (Å²) in [6.45, 7) is 8.13. The number of allylic oxidation sites excluding steroid dienone is 1. The first-order valence-corrected chi connectivity index (χ1v) is 15.7. The number of nitrogens with one attached hydrogen (secondary N) is 1. The second-order valence-corrected chi connectivity index (χ2v) is 13.3. The van der Waals surface area contributed by atoms with Gasteiger partial charge in [-0.2, -0.15) is 4.99 Å². The summed E-state index contributed by atoms with van der Waals surface area (Å²) >= 11 is 2.54. The number of aromatic nitrogens is 1. The van der Waals surface area contributed by atoms with Gasteiger partial charge in [0.1, 0.15) is 16.5 Å². The Morgan fingerprint density at radius 2 is 2.00 bits per heavy atom. The van der Waals surface area contributed by atoms with E-state index in [-0.39, 0.29) is 11.6 Å². The molecule has 1 aliphatic carbocycles. The van der Waals surface area contributed by atoms with E-state index in [2.05, 4.69) is 23.8 Å². The monoisotopic (exact) mass is 575 g/mol. The summed E-state index contributed by atoms with van der Waals surface area (Å²) in [6, 6.07) is 7.50. The number of rotatable bonds is 9. The first-order valence-electron chi connectivity index (χ1n) is 12.2. The van der Waals surface area contributed by atoms with Gasteiger partial charge >= 0.3 is 5.97 Å². The fourth-order valence-electron chi connectivity index (χ4n) is 4.41. The summed E-state index contributed by atoms with van der Waals surface area (Å²) in [5.41, 5.74) is 2.01. The van der Waals surface area contributed by atoms with Crippen molar-refractivity contribution in [2.24, 2.45) is 10.9 Å². The third kappa shape index (κ3) is 6.30. The normalized spacial score (nSPS) is 15.7. The smallest absolute Gasteiger partial charge is 0.341 e. The summed E-state index contributed by atoms with van der Waals surface area (Å²) in [4.78, 5) is 43.4. The minimum absolute atomic E-state index is 0.180. The van der Waals surface area contributed by atoms with Crippen molar-refractivity contribution >= 4 is 65.5 Å². The predicted molar refractivity (Wildman–Crippen MR) is 149 cm³/mol. The molecule has 202 valence electrons. The number of thiazole rings is 1. The third-order valence-corrected chi connectivity index (χ3v) is 9.68. The lowest BCUT2D eigenvalue weighted by Gasteiger charge is -2.18. The molecule has 38 heavy (non-hydrogen) atoms. The van der Waals surface area contributed by atoms with E-state index in [0.717, 1.165) is 33.5 Å². The number of nitrogens with zero attached hydrogens (tertiary/aromatic N) is 2. The lowest BCUT2D eigenvalue weighted by atomic mass is 9.88. The molecule has 0 spiro atoms. The number of benzene rings is 1. The van der Waals surface area contributed by atoms with Gasteiger partial charge in [0.2, 0.25) is 5.91 Å². The highest BCUT2D eigenvalue weighted by atomic mass is 32.2. The molecule has 1 atom stereocenters. The number of hydrogen-bond acceptors (Lipinski definition) is 8. The molecule has 1 unspecified atom stereocenters. The highest BCUT2D eigenvalue weighted by molar-refractivity contribution is 7.92. The van der Waals surface area contributed by atoms with Gasteiger partial charge in [0.05, 0.1) is 22.4 Å². The van der Waals surface area contributed by atoms with Crippen molar-refractivity contribution in [3.05, 3.63) is 57.7 Å². The molecule has 1 aliphatic rings. The van der Waals surface area contributed by atoms with Gasteiger partial charge in [-0.05, 0) is 49.8 Å². The number of anilines is 1. The van der Waals surface area contributed by atoms with Crippen LogP contribution in [-0.4, -0.2) is 48.9 Å². The summed E-state index contributed by atoms with van der Waals surface area (Å²) in [7, 11) is -4.12. The number of amides is 2. The van der Waals surface area contributed by atoms with Crippen LogP contribution in [0.25, 0.3) is 10.2 Å². The van der Waals surface area contributed by atoms with Crippen molar-refractivity contribution < 1.29 is 27.5 Å². The molecule has 12 heteroatoms. The maximum atomic E-state index is 12.7. The van der Waals surface area contributed by atoms with Crippen LogP contribution in [0.2, 0.25) is 0 Å². The van der Waals surface area contributed by atoms with Gasteiger partial charge in [-0.15, -0.1) is 17.9 Å². The van der Waals surface area contributed by atoms with Crippen molar-refractivity contribution in [3.8, 4) is 0 Å². The van der Waals surface area contributed by atoms with Crippen LogP contribution in [0.4, 0.5) is 5.00 Å². The average Bonchev–Trinajstić information content (AvgIpc) is 3.35. The number of esters is 1. The molecule has 0 bridgehead atoms. The van der Waals surface area contributed by atoms with Crippen molar-refractivity contribution in [2.75, 3.05) is 23.4 Å². The molecule has 2 aromatic heterocycles. The number of thiophene rings is 1. The van der Waals surface area contributed by atoms with Gasteiger partial charge in [0.25, 0.3) is 5.91 Å². The van der Waals surface area contributed by atoms with E-state index < -0.39 is 39.1 Å². The number of carbonyl (C=O) groups is 3. The molecule has 0 radical (unpaired) electrons. The minimum atomic E-state index is -4.12. The van der Waals surface area contributed by atoms with Crippen molar-refractivity contribution in [3.63, 3.8) is 0 Å². The van der Waals surface area contributed by atoms with Crippen molar-refractivity contribution in [2.45, 2.75) is 39.7 Å². The predicted octanol–water partition coefficient (Wildman–Crippen LogP) is 3.73. The molecule has 1 N–H and O–H groups in total. The zero-order valence-electron chi connectivity index (χ0n) is 21.2. The number of para-hydroxylation sites is 1. The second-order valence-electron chi connectivity index (χ2n) is 9.11. The lowest BCUT2D eigenvalue weighted by Crippen LogP contribution is -2.28. The molecule has 0 aliphatic heterocycles. The van der Waals surface area contributed by atoms with E-state index in [0.29, 0.717) is 29.2 Å². The number of carbonyl (C=O) groups excluding carboxylic acids is 3. The Morgan fingerprint density at radius 1 is 1.24 bits per heavy atom. The lowest BCUT2D eigenvalue weighted by molar-refractivity contribution is -0.115. The molecule has 1 aromatic carbocycles. The first-order chi connectivity index (χ1) is 18.1. The standard InChI is InChI=1S/C26H29N3O6S3/c1-4-12-29-18-8-6-7-9-19(18)37-26(29)28-22(31)15-38(33,34)14-21(30)27-24-23(25(32)35-5-2)17-11-10-16(3)13-20(17)36-24/h4,6-9,16H,1,5,10-15H2,2-3H3,(H,27,30). The summed E-state index contributed by atoms with van der Waals surface area (Å²) in [5, 5.41) is 2.88. The van der Waals surface area contributed by atoms with Crippen LogP contribution in [0.3, 0.4) is 0 Å². The molecular weight excluding hydrogens is 547 g/mol. The van der Waals surface area contributed by atoms with Gasteiger partial charge in [-0.1, -0.05) is 36.5 Å². The average molecular weight is 576 g/mol. The molecule has 0 fully saturated rings. The van der Waals surface area contributed by atoms with Crippen molar-refractivity contribution in [1.29, 1.82) is 0 Å². The van der Waals surface area contributed by atoms with E-state index in [4.69, 9.17) is 4.74 Å². The largest absolute Gasteiger partial charge is 0.462 e. The van der Waals surface area contributed by atoms with Crippen LogP contribution in [-0.2, 0) is 43.5 Å². The molecular formula is C26H29N3O6S3. The summed E-state index contributed by atoms with van der Waals surface area (Å²) in [6.07, 6.45) is 4.04. The molecule has 0 saturated carbocycles. The molecule has 2 amide bonds. The Kier molecular flexibility index (Phi) is 8.64. The van der Waals surface area contributed by atoms with E-state index in [1.807, 2.05) is 24.3 Å². The van der Waals surface area contributed by atoms with Crippen LogP contribution < -0.4 is 10.1 Å². The highest BCUT2D eigenvalue weighted by Crippen LogP contribution is 2.40. The minimum Gasteiger partial charge on any atom is -0.462 e. The molecule has 9 nitrogen and oxygen atoms in total. The highest BCUT2D eigenvalue weighted by Gasteiger charge is 2.30. The Labute approximate surface area is 228 Å². The van der Waals surface area contributed by atoms with Crippen molar-refractivity contribution in [1.82, 2.24) is 4.57 Å². The van der Waals surface area contributed by atoms with Crippen LogP contribution in [0.5, 0.6) is 0 Å². The quantitative estimate of drug-likeness (QED) is 0.306. The number of sulfone groups is 1. The van der Waals surface area contributed by atoms with E-state index in [9.17, 15) is 22.8 Å². The zero-order chi connectivity index (χ0) is 27.4. The topological polar surface area (TPSA) is 124 Å². The molecule has 2 heterocycles. The fraction of sp³-hybridized carbons (Fsp3) is 0.385. The molecule has 4 rings (SSSR count). The summed E-state index contributed by atoms with van der Waals surface area (Å²) < 4.78 is 33.3. The van der Waals surface area contributed by atoms with Gasteiger partial charge in [-0.3, -0.25) is 9.59 Å². The van der Waals surface area contributed by atoms with Crippen LogP contribution >= 0.6 is 22.7 Å². The van der Waals surface area contributed by atoms with Gasteiger partial charge in [0.15, 0.2) is 14.6 Å². The van der Waals surface area contributed by atoms with Gasteiger partial charge < -0.3 is 14.6 Å². The van der Waals surface area contributed by atoms with E-state index in [1.54, 1.807) is 17.6 Å². The summed E-state index contributed by atoms with van der Waals surface area (Å²) in [5.74, 6) is -3.60. The fourth-order valence-corrected chi connectivity index (χ4v) is 7.90. The molecule has 3 aromatic rings. The van der Waals surface area contributed by atoms with Gasteiger partial charge in [0, 0.05) is 11.4 Å². The Bertz CT molecular complexity index is 1580. The van der Waals surface area contributed by atoms with Crippen LogP contribution in [0, 0.1) is 5.92 Å². The maximum Gasteiger partial charge on any atom is 0.341 e. The first kappa shape index (κ1) is 27.9. The third-order valence-electron chi connectivity index (χ3n) is 6.06. The number of hydrogen-bond donors (Lipinski definition) is 1. The maximum absolute atomic E-state index is 12.7. The Balaban J connectivity index is 1.51. The molecule has 0 saturated heterocycles. The Morgan fingerprint density at radius 3 is 2.74 bits per heavy atom. The SMILES string of the molecule is C=CCn1c(=NC(=O)CS(=O)(=O)CC(=O)Nc2sc3c(c2C(=O)OCC)CCC(C)C3)sc2ccccc21. The van der Waals surface area contributed by atoms with Gasteiger partial charge in [-0.25, -0.2) is 13.2 Å². The second kappa shape index (κ2) is 11.7. The zero-order valence-corrected chi connectivity index (χ0v) is 23.6. The van der Waals surface area contributed by atoms with E-state index in [1.165, 1.54) is 22.7 Å². The van der Waals surface area contributed by atoms with E-state index >= 15 is 0 Å². The van der Waals surface area contributed by atoms with Crippen LogP contribution in [0.15, 0.2) is 41.9 Å². The number of fused-ring (bicyclic) bond motifs is 2. The number of ether oxygens (including phenoxy) is 1. The van der Waals surface area contributed by atoms with Crippen LogP contribution in [0.1, 0.15) is 41.1 Å². The Hall–Kier alpha value is -3.09.